The van der Waals surface area contributed by atoms with Crippen LogP contribution in [0.15, 0.2) is 23.3 Å². The molecule has 0 aromatic carbocycles. The molecule has 0 aliphatic heterocycles. The van der Waals surface area contributed by atoms with E-state index < -0.39 is 0 Å². The van der Waals surface area contributed by atoms with Crippen molar-refractivity contribution in [3.05, 3.63) is 23.3 Å². The highest BCUT2D eigenvalue weighted by Gasteiger charge is 2.15. The van der Waals surface area contributed by atoms with Crippen LogP contribution in [-0.4, -0.2) is 0 Å². The average molecular weight is 150 g/mol. The Bertz CT molecular complexity index is 192. The van der Waals surface area contributed by atoms with Gasteiger partial charge in [0.05, 0.1) is 0 Å². The first kappa shape index (κ1) is 8.58. The fourth-order valence-corrected chi connectivity index (χ4v) is 1.82. The second-order valence-electron chi connectivity index (χ2n) is 3.93. The van der Waals surface area contributed by atoms with Gasteiger partial charge in [0.15, 0.2) is 0 Å². The first-order valence-corrected chi connectivity index (χ1v) is 4.45. The Labute approximate surface area is 70.0 Å². The van der Waals surface area contributed by atoms with Crippen LogP contribution in [0.4, 0.5) is 0 Å². The largest absolute Gasteiger partial charge is 0.0955 e. The molecule has 1 rings (SSSR count). The minimum absolute atomic E-state index is 0.852. The summed E-state index contributed by atoms with van der Waals surface area (Å²) in [5, 5.41) is 0. The summed E-state index contributed by atoms with van der Waals surface area (Å²) in [6, 6.07) is 0. The highest BCUT2D eigenvalue weighted by Crippen LogP contribution is 2.33. The lowest BCUT2D eigenvalue weighted by Crippen LogP contribution is -2.07. The molecule has 0 unspecified atom stereocenters. The lowest BCUT2D eigenvalue weighted by molar-refractivity contribution is 0.496. The number of rotatable bonds is 0. The predicted molar refractivity (Wildman–Crippen MR) is 50.5 cm³/mol. The van der Waals surface area contributed by atoms with Crippen LogP contribution in [0.3, 0.4) is 0 Å². The quantitative estimate of drug-likeness (QED) is 0.494. The summed E-state index contributed by atoms with van der Waals surface area (Å²) >= 11 is 0. The van der Waals surface area contributed by atoms with E-state index in [2.05, 4.69) is 27.4 Å². The van der Waals surface area contributed by atoms with Crippen LogP contribution < -0.4 is 0 Å². The van der Waals surface area contributed by atoms with E-state index in [4.69, 9.17) is 0 Å². The first-order valence-electron chi connectivity index (χ1n) is 4.45. The van der Waals surface area contributed by atoms with Gasteiger partial charge in [0.2, 0.25) is 0 Å². The van der Waals surface area contributed by atoms with E-state index >= 15 is 0 Å². The molecule has 1 atom stereocenters. The van der Waals surface area contributed by atoms with Crippen LogP contribution in [0.5, 0.6) is 0 Å². The third kappa shape index (κ3) is 1.95. The van der Waals surface area contributed by atoms with Gasteiger partial charge in [0, 0.05) is 0 Å². The zero-order valence-corrected chi connectivity index (χ0v) is 7.91. The molecule has 0 amide bonds. The SMILES string of the molecule is C=C1C[C@H](C)CCC1=C(C)C. The van der Waals surface area contributed by atoms with E-state index in [0.29, 0.717) is 0 Å². The highest BCUT2D eigenvalue weighted by molar-refractivity contribution is 5.33. The fourth-order valence-electron chi connectivity index (χ4n) is 1.82. The van der Waals surface area contributed by atoms with Crippen molar-refractivity contribution >= 4 is 0 Å². The normalized spacial score (nSPS) is 25.5. The lowest BCUT2D eigenvalue weighted by Gasteiger charge is -2.24. The topological polar surface area (TPSA) is 0 Å². The Morgan fingerprint density at radius 2 is 2.09 bits per heavy atom. The van der Waals surface area contributed by atoms with Gasteiger partial charge in [-0.3, -0.25) is 0 Å². The minimum Gasteiger partial charge on any atom is -0.0955 e. The maximum absolute atomic E-state index is 4.11. The van der Waals surface area contributed by atoms with Gasteiger partial charge in [-0.05, 0) is 44.6 Å². The highest BCUT2D eigenvalue weighted by atomic mass is 14.2. The number of hydrogen-bond donors (Lipinski definition) is 0. The molecule has 11 heavy (non-hydrogen) atoms. The summed E-state index contributed by atoms with van der Waals surface area (Å²) in [6.45, 7) is 10.8. The maximum Gasteiger partial charge on any atom is -0.0256 e. The Kier molecular flexibility index (Phi) is 2.53. The van der Waals surface area contributed by atoms with E-state index in [1.54, 1.807) is 0 Å². The Morgan fingerprint density at radius 3 is 2.55 bits per heavy atom. The Hall–Kier alpha value is -0.520. The molecule has 0 nitrogen and oxygen atoms in total. The van der Waals surface area contributed by atoms with Crippen molar-refractivity contribution in [2.24, 2.45) is 5.92 Å². The van der Waals surface area contributed by atoms with Crippen LogP contribution in [0.1, 0.15) is 40.0 Å². The fraction of sp³-hybridized carbons (Fsp3) is 0.636. The van der Waals surface area contributed by atoms with Gasteiger partial charge in [-0.2, -0.15) is 0 Å². The molecule has 1 aliphatic carbocycles. The summed E-state index contributed by atoms with van der Waals surface area (Å²) in [6.07, 6.45) is 3.81. The van der Waals surface area contributed by atoms with Crippen molar-refractivity contribution in [2.75, 3.05) is 0 Å². The van der Waals surface area contributed by atoms with E-state index in [-0.39, 0.29) is 0 Å². The van der Waals surface area contributed by atoms with Crippen molar-refractivity contribution in [2.45, 2.75) is 40.0 Å². The molecule has 0 spiro atoms. The van der Waals surface area contributed by atoms with Crippen LogP contribution in [-0.2, 0) is 0 Å². The average Bonchev–Trinajstić information content (AvgIpc) is 1.85. The summed E-state index contributed by atoms with van der Waals surface area (Å²) in [7, 11) is 0. The summed E-state index contributed by atoms with van der Waals surface area (Å²) < 4.78 is 0. The van der Waals surface area contributed by atoms with E-state index in [1.165, 1.54) is 36.0 Å². The predicted octanol–water partition coefficient (Wildman–Crippen LogP) is 3.70. The first-order chi connectivity index (χ1) is 5.11. The third-order valence-electron chi connectivity index (χ3n) is 2.51. The van der Waals surface area contributed by atoms with Crippen LogP contribution in [0.2, 0.25) is 0 Å². The maximum atomic E-state index is 4.11. The van der Waals surface area contributed by atoms with Crippen LogP contribution in [0, 0.1) is 5.92 Å². The molecular weight excluding hydrogens is 132 g/mol. The second kappa shape index (κ2) is 3.25. The van der Waals surface area contributed by atoms with Gasteiger partial charge in [-0.15, -0.1) is 0 Å². The summed E-state index contributed by atoms with van der Waals surface area (Å²) in [4.78, 5) is 0. The van der Waals surface area contributed by atoms with Gasteiger partial charge in [-0.25, -0.2) is 0 Å². The van der Waals surface area contributed by atoms with Gasteiger partial charge in [0.25, 0.3) is 0 Å². The molecule has 1 fully saturated rings. The molecule has 0 radical (unpaired) electrons. The second-order valence-corrected chi connectivity index (χ2v) is 3.93. The zero-order valence-electron chi connectivity index (χ0n) is 7.91. The molecule has 0 heterocycles. The molecule has 1 aliphatic rings. The molecular formula is C11H18. The van der Waals surface area contributed by atoms with Crippen molar-refractivity contribution in [1.29, 1.82) is 0 Å². The molecule has 0 aromatic heterocycles. The third-order valence-corrected chi connectivity index (χ3v) is 2.51. The van der Waals surface area contributed by atoms with Gasteiger partial charge in [-0.1, -0.05) is 24.6 Å². The molecule has 0 bridgehead atoms. The zero-order chi connectivity index (χ0) is 8.43. The van der Waals surface area contributed by atoms with Crippen molar-refractivity contribution in [3.8, 4) is 0 Å². The summed E-state index contributed by atoms with van der Waals surface area (Å²) in [5.74, 6) is 0.852. The van der Waals surface area contributed by atoms with Crippen molar-refractivity contribution < 1.29 is 0 Å². The van der Waals surface area contributed by atoms with Crippen LogP contribution >= 0.6 is 0 Å². The molecule has 62 valence electrons. The van der Waals surface area contributed by atoms with Gasteiger partial charge >= 0.3 is 0 Å². The van der Waals surface area contributed by atoms with E-state index in [0.717, 1.165) is 5.92 Å². The molecule has 0 N–H and O–H groups in total. The molecule has 1 saturated carbocycles. The number of allylic oxidation sites excluding steroid dienone is 3. The minimum atomic E-state index is 0.852. The van der Waals surface area contributed by atoms with E-state index in [9.17, 15) is 0 Å². The van der Waals surface area contributed by atoms with Crippen LogP contribution in [0.25, 0.3) is 0 Å². The lowest BCUT2D eigenvalue weighted by atomic mass is 9.82. The molecule has 0 saturated heterocycles. The number of hydrogen-bond acceptors (Lipinski definition) is 0. The van der Waals surface area contributed by atoms with Crippen molar-refractivity contribution in [1.82, 2.24) is 0 Å². The smallest absolute Gasteiger partial charge is 0.0256 e. The molecule has 0 heteroatoms. The van der Waals surface area contributed by atoms with Crippen molar-refractivity contribution in [3.63, 3.8) is 0 Å². The monoisotopic (exact) mass is 150 g/mol. The molecule has 0 aromatic rings. The summed E-state index contributed by atoms with van der Waals surface area (Å²) in [5.41, 5.74) is 4.37. The van der Waals surface area contributed by atoms with Gasteiger partial charge < -0.3 is 0 Å². The van der Waals surface area contributed by atoms with Gasteiger partial charge in [0.1, 0.15) is 0 Å². The Morgan fingerprint density at radius 1 is 1.45 bits per heavy atom. The Balaban J connectivity index is 2.74. The van der Waals surface area contributed by atoms with E-state index in [1.807, 2.05) is 0 Å². The standard InChI is InChI=1S/C11H18/c1-8(2)11-6-5-9(3)7-10(11)4/h9H,4-7H2,1-3H3/t9-/m1/s1.